The Morgan fingerprint density at radius 1 is 1.31 bits per heavy atom. The number of hydrogen-bond acceptors (Lipinski definition) is 10. The molecule has 1 aliphatic heterocycles. The SMILES string of the molecule is COC(=O)C(=O)c1cn(C)c2nc3c(ncn3[C@@H]3O[C@H](CO)[C@@H](O)[C@H]3O)c(=O)n12. The van der Waals surface area contributed by atoms with Gasteiger partial charge in [-0.1, -0.05) is 0 Å². The zero-order valence-corrected chi connectivity index (χ0v) is 15.3. The summed E-state index contributed by atoms with van der Waals surface area (Å²) in [7, 11) is 2.57. The first-order chi connectivity index (χ1) is 13.8. The highest BCUT2D eigenvalue weighted by atomic mass is 16.6. The molecule has 4 heterocycles. The van der Waals surface area contributed by atoms with Crippen LogP contribution in [-0.4, -0.2) is 82.6 Å². The number of aliphatic hydroxyl groups excluding tert-OH is 3. The molecule has 0 spiro atoms. The molecule has 4 atom stereocenters. The first-order valence-corrected chi connectivity index (χ1v) is 8.49. The predicted octanol–water partition coefficient (Wildman–Crippen LogP) is -2.65. The van der Waals surface area contributed by atoms with E-state index in [0.29, 0.717) is 0 Å². The smallest absolute Gasteiger partial charge is 0.381 e. The van der Waals surface area contributed by atoms with Gasteiger partial charge in [-0.3, -0.25) is 14.2 Å². The molecule has 0 saturated carbocycles. The third-order valence-electron chi connectivity index (χ3n) is 4.85. The number of esters is 1. The van der Waals surface area contributed by atoms with Crippen molar-refractivity contribution in [1.82, 2.24) is 23.5 Å². The summed E-state index contributed by atoms with van der Waals surface area (Å²) in [4.78, 5) is 45.2. The fraction of sp³-hybridized carbons (Fsp3) is 0.438. The average Bonchev–Trinajstić information content (AvgIpc) is 3.36. The number of imidazole rings is 2. The zero-order valence-electron chi connectivity index (χ0n) is 15.3. The molecule has 154 valence electrons. The molecule has 0 radical (unpaired) electrons. The summed E-state index contributed by atoms with van der Waals surface area (Å²) in [6.07, 6.45) is -2.44. The molecular weight excluding hydrogens is 390 g/mol. The summed E-state index contributed by atoms with van der Waals surface area (Å²) >= 11 is 0. The van der Waals surface area contributed by atoms with Crippen molar-refractivity contribution < 1.29 is 34.4 Å². The lowest BCUT2D eigenvalue weighted by Crippen LogP contribution is -2.33. The first kappa shape index (κ1) is 19.2. The number of methoxy groups -OCH3 is 1. The van der Waals surface area contributed by atoms with Gasteiger partial charge in [0, 0.05) is 13.2 Å². The molecule has 29 heavy (non-hydrogen) atoms. The van der Waals surface area contributed by atoms with Crippen molar-refractivity contribution in [2.75, 3.05) is 13.7 Å². The van der Waals surface area contributed by atoms with Crippen LogP contribution in [0.3, 0.4) is 0 Å². The lowest BCUT2D eigenvalue weighted by molar-refractivity contribution is -0.135. The van der Waals surface area contributed by atoms with E-state index in [1.54, 1.807) is 0 Å². The van der Waals surface area contributed by atoms with E-state index in [0.717, 1.165) is 11.5 Å². The lowest BCUT2D eigenvalue weighted by atomic mass is 10.1. The molecular formula is C16H17N5O8. The van der Waals surface area contributed by atoms with E-state index in [1.807, 2.05) is 0 Å². The third-order valence-corrected chi connectivity index (χ3v) is 4.85. The van der Waals surface area contributed by atoms with E-state index in [1.165, 1.54) is 28.7 Å². The Morgan fingerprint density at radius 2 is 2.03 bits per heavy atom. The van der Waals surface area contributed by atoms with Crippen molar-refractivity contribution in [3.8, 4) is 0 Å². The molecule has 4 rings (SSSR count). The van der Waals surface area contributed by atoms with Gasteiger partial charge in [0.2, 0.25) is 5.78 Å². The Morgan fingerprint density at radius 3 is 2.66 bits per heavy atom. The minimum absolute atomic E-state index is 0.0307. The van der Waals surface area contributed by atoms with Crippen LogP contribution in [0, 0.1) is 0 Å². The predicted molar refractivity (Wildman–Crippen MR) is 93.1 cm³/mol. The molecule has 13 nitrogen and oxygen atoms in total. The van der Waals surface area contributed by atoms with E-state index < -0.39 is 48.5 Å². The molecule has 0 aliphatic carbocycles. The van der Waals surface area contributed by atoms with Gasteiger partial charge in [-0.2, -0.15) is 4.98 Å². The second kappa shape index (κ2) is 6.73. The molecule has 1 fully saturated rings. The summed E-state index contributed by atoms with van der Waals surface area (Å²) in [5.74, 6) is -2.13. The normalized spacial score (nSPS) is 24.4. The van der Waals surface area contributed by atoms with Gasteiger partial charge in [0.05, 0.1) is 20.0 Å². The minimum atomic E-state index is -1.39. The summed E-state index contributed by atoms with van der Waals surface area (Å²) in [6.45, 7) is -0.515. The maximum Gasteiger partial charge on any atom is 0.381 e. The monoisotopic (exact) mass is 407 g/mol. The van der Waals surface area contributed by atoms with Crippen molar-refractivity contribution >= 4 is 28.7 Å². The van der Waals surface area contributed by atoms with Gasteiger partial charge in [0.25, 0.3) is 11.3 Å². The maximum atomic E-state index is 13.0. The van der Waals surface area contributed by atoms with Gasteiger partial charge in [-0.15, -0.1) is 0 Å². The second-order valence-corrected chi connectivity index (χ2v) is 6.55. The van der Waals surface area contributed by atoms with Crippen molar-refractivity contribution in [3.05, 3.63) is 28.6 Å². The molecule has 13 heteroatoms. The number of ether oxygens (including phenoxy) is 2. The molecule has 3 aromatic heterocycles. The quantitative estimate of drug-likeness (QED) is 0.236. The van der Waals surface area contributed by atoms with E-state index >= 15 is 0 Å². The molecule has 0 amide bonds. The van der Waals surface area contributed by atoms with Gasteiger partial charge in [-0.05, 0) is 0 Å². The molecule has 3 aromatic rings. The Hall–Kier alpha value is -3.13. The summed E-state index contributed by atoms with van der Waals surface area (Å²) < 4.78 is 13.5. The topological polar surface area (TPSA) is 170 Å². The van der Waals surface area contributed by atoms with Gasteiger partial charge in [0.1, 0.15) is 24.0 Å². The van der Waals surface area contributed by atoms with Crippen LogP contribution < -0.4 is 5.56 Å². The van der Waals surface area contributed by atoms with Gasteiger partial charge in [-0.25, -0.2) is 14.2 Å². The number of rotatable bonds is 4. The molecule has 3 N–H and O–H groups in total. The number of hydrogen-bond donors (Lipinski definition) is 3. The summed E-state index contributed by atoms with van der Waals surface area (Å²) in [6, 6.07) is 0. The number of carbonyl (C=O) groups excluding carboxylic acids is 2. The first-order valence-electron chi connectivity index (χ1n) is 8.49. The van der Waals surface area contributed by atoms with Crippen LogP contribution in [0.25, 0.3) is 16.9 Å². The molecule has 0 unspecified atom stereocenters. The van der Waals surface area contributed by atoms with Crippen molar-refractivity contribution in [1.29, 1.82) is 0 Å². The Kier molecular flexibility index (Phi) is 4.46. The zero-order chi connectivity index (χ0) is 21.0. The summed E-state index contributed by atoms with van der Waals surface area (Å²) in [5, 5.41) is 29.5. The number of carbonyl (C=O) groups is 2. The Balaban J connectivity index is 1.91. The van der Waals surface area contributed by atoms with E-state index in [2.05, 4.69) is 14.7 Å². The van der Waals surface area contributed by atoms with Crippen LogP contribution in [-0.2, 0) is 21.3 Å². The molecule has 1 saturated heterocycles. The maximum absolute atomic E-state index is 13.0. The largest absolute Gasteiger partial charge is 0.463 e. The lowest BCUT2D eigenvalue weighted by Gasteiger charge is -2.16. The fourth-order valence-electron chi connectivity index (χ4n) is 3.36. The average molecular weight is 407 g/mol. The molecule has 0 bridgehead atoms. The number of nitrogens with zero attached hydrogens (tertiary/aromatic N) is 5. The number of Topliss-reactive ketones (excluding diaryl/α,β-unsaturated/α-hetero) is 1. The van der Waals surface area contributed by atoms with E-state index in [4.69, 9.17) is 4.74 Å². The minimum Gasteiger partial charge on any atom is -0.463 e. The van der Waals surface area contributed by atoms with Gasteiger partial charge >= 0.3 is 5.97 Å². The second-order valence-electron chi connectivity index (χ2n) is 6.55. The number of aliphatic hydroxyl groups is 3. The summed E-state index contributed by atoms with van der Waals surface area (Å²) in [5.41, 5.74) is -1.08. The highest BCUT2D eigenvalue weighted by Gasteiger charge is 2.44. The Bertz CT molecular complexity index is 1190. The fourth-order valence-corrected chi connectivity index (χ4v) is 3.36. The number of fused-ring (bicyclic) bond motifs is 2. The van der Waals surface area contributed by atoms with E-state index in [-0.39, 0.29) is 22.6 Å². The van der Waals surface area contributed by atoms with E-state index in [9.17, 15) is 29.7 Å². The van der Waals surface area contributed by atoms with Crippen molar-refractivity contribution in [2.24, 2.45) is 7.05 Å². The number of ketones is 1. The Labute approximate surface area is 161 Å². The van der Waals surface area contributed by atoms with Gasteiger partial charge in [0.15, 0.2) is 17.4 Å². The van der Waals surface area contributed by atoms with Crippen molar-refractivity contribution in [3.63, 3.8) is 0 Å². The van der Waals surface area contributed by atoms with Crippen LogP contribution in [0.15, 0.2) is 17.3 Å². The number of aryl methyl sites for hydroxylation is 1. The third kappa shape index (κ3) is 2.66. The highest BCUT2D eigenvalue weighted by molar-refractivity contribution is 6.40. The standard InChI is InChI=1S/C16H17N5O8/c1-19-3-6(9(23)15(27)28-2)21-13(26)8-12(18-16(19)21)20(5-17-8)14-11(25)10(24)7(4-22)29-14/h3,5,7,10-11,14,22,24-25H,4H2,1-2H3/t7-,10-,11-,14-/m1/s1. The molecule has 0 aromatic carbocycles. The van der Waals surface area contributed by atoms with Crippen molar-refractivity contribution in [2.45, 2.75) is 24.5 Å². The van der Waals surface area contributed by atoms with Crippen LogP contribution in [0.5, 0.6) is 0 Å². The van der Waals surface area contributed by atoms with Gasteiger partial charge < -0.3 is 29.4 Å². The van der Waals surface area contributed by atoms with Crippen LogP contribution in [0.2, 0.25) is 0 Å². The molecule has 1 aliphatic rings. The van der Waals surface area contributed by atoms with Crippen LogP contribution >= 0.6 is 0 Å². The highest BCUT2D eigenvalue weighted by Crippen LogP contribution is 2.31. The van der Waals surface area contributed by atoms with Crippen LogP contribution in [0.1, 0.15) is 16.7 Å². The number of aromatic nitrogens is 5. The van der Waals surface area contributed by atoms with Crippen LogP contribution in [0.4, 0.5) is 0 Å².